The number of aliphatic imine (C=N–C) groups is 1. The fraction of sp³-hybridized carbons (Fsp3) is 0.562. The third-order valence-electron chi connectivity index (χ3n) is 4.01. The van der Waals surface area contributed by atoms with Crippen molar-refractivity contribution in [1.82, 2.24) is 0 Å². The van der Waals surface area contributed by atoms with E-state index in [0.717, 1.165) is 23.3 Å². The molecule has 2 rings (SSSR count). The smallest absolute Gasteiger partial charge is 0.127 e. The van der Waals surface area contributed by atoms with Gasteiger partial charge in [0.15, 0.2) is 0 Å². The Morgan fingerprint density at radius 1 is 1.32 bits per heavy atom. The van der Waals surface area contributed by atoms with Gasteiger partial charge >= 0.3 is 0 Å². The number of aryl methyl sites for hydroxylation is 1. The van der Waals surface area contributed by atoms with E-state index in [1.54, 1.807) is 13.3 Å². The molecule has 0 bridgehead atoms. The molecule has 3 heteroatoms. The molecule has 0 aliphatic heterocycles. The normalized spacial score (nSPS) is 23.7. The van der Waals surface area contributed by atoms with Crippen LogP contribution in [0.15, 0.2) is 17.1 Å². The highest BCUT2D eigenvalue weighted by atomic mass is 16.5. The molecule has 1 fully saturated rings. The lowest BCUT2D eigenvalue weighted by atomic mass is 9.86. The van der Waals surface area contributed by atoms with Crippen LogP contribution in [0.4, 0.5) is 0 Å². The van der Waals surface area contributed by atoms with E-state index in [-0.39, 0.29) is 0 Å². The van der Waals surface area contributed by atoms with Crippen LogP contribution in [0.25, 0.3) is 0 Å². The molecule has 1 aliphatic rings. The summed E-state index contributed by atoms with van der Waals surface area (Å²) in [5.41, 5.74) is 1.56. The van der Waals surface area contributed by atoms with Gasteiger partial charge in [0.05, 0.1) is 13.2 Å². The third kappa shape index (κ3) is 3.28. The Balaban J connectivity index is 2.19. The van der Waals surface area contributed by atoms with Crippen LogP contribution in [-0.4, -0.2) is 24.5 Å². The molecule has 0 saturated heterocycles. The minimum Gasteiger partial charge on any atom is -0.507 e. The predicted octanol–water partition coefficient (Wildman–Crippen LogP) is 3.71. The van der Waals surface area contributed by atoms with Gasteiger partial charge in [-0.05, 0) is 43.4 Å². The predicted molar refractivity (Wildman–Crippen MR) is 78.4 cm³/mol. The topological polar surface area (TPSA) is 41.8 Å². The maximum Gasteiger partial charge on any atom is 0.127 e. The van der Waals surface area contributed by atoms with Gasteiger partial charge in [0.2, 0.25) is 0 Å². The highest BCUT2D eigenvalue weighted by molar-refractivity contribution is 5.85. The zero-order valence-electron chi connectivity index (χ0n) is 12.0. The standard InChI is InChI=1S/C16H23NO2/c1-11-6-4-5-7-15(11)17-10-13-9-14(19-3)8-12(2)16(13)18/h8-11,15,18H,4-7H2,1-3H3. The Hall–Kier alpha value is -1.51. The van der Waals surface area contributed by atoms with Crippen molar-refractivity contribution in [3.8, 4) is 11.5 Å². The molecule has 1 saturated carbocycles. The number of aromatic hydroxyl groups is 1. The molecular formula is C16H23NO2. The Bertz CT molecular complexity index is 468. The quantitative estimate of drug-likeness (QED) is 0.843. The van der Waals surface area contributed by atoms with Gasteiger partial charge < -0.3 is 9.84 Å². The summed E-state index contributed by atoms with van der Waals surface area (Å²) in [5, 5.41) is 10.1. The zero-order valence-corrected chi connectivity index (χ0v) is 12.0. The van der Waals surface area contributed by atoms with E-state index in [4.69, 9.17) is 4.74 Å². The van der Waals surface area contributed by atoms with Gasteiger partial charge in [-0.25, -0.2) is 0 Å². The van der Waals surface area contributed by atoms with E-state index in [1.807, 2.05) is 19.1 Å². The van der Waals surface area contributed by atoms with Crippen molar-refractivity contribution >= 4 is 6.21 Å². The van der Waals surface area contributed by atoms with Gasteiger partial charge in [0.25, 0.3) is 0 Å². The lowest BCUT2D eigenvalue weighted by molar-refractivity contribution is 0.333. The second-order valence-corrected chi connectivity index (χ2v) is 5.49. The van der Waals surface area contributed by atoms with Crippen LogP contribution in [0.1, 0.15) is 43.7 Å². The third-order valence-corrected chi connectivity index (χ3v) is 4.01. The first-order valence-corrected chi connectivity index (χ1v) is 7.02. The summed E-state index contributed by atoms with van der Waals surface area (Å²) in [6, 6.07) is 4.05. The Kier molecular flexibility index (Phi) is 4.46. The lowest BCUT2D eigenvalue weighted by Gasteiger charge is -2.25. The number of phenols is 1. The molecular weight excluding hydrogens is 238 g/mol. The first-order valence-electron chi connectivity index (χ1n) is 7.02. The Morgan fingerprint density at radius 2 is 2.05 bits per heavy atom. The average molecular weight is 261 g/mol. The molecule has 0 radical (unpaired) electrons. The summed E-state index contributed by atoms with van der Waals surface area (Å²) in [4.78, 5) is 4.67. The number of hydrogen-bond acceptors (Lipinski definition) is 3. The lowest BCUT2D eigenvalue weighted by Crippen LogP contribution is -2.20. The molecule has 2 unspecified atom stereocenters. The molecule has 2 atom stereocenters. The van der Waals surface area contributed by atoms with E-state index < -0.39 is 0 Å². The molecule has 1 aromatic carbocycles. The average Bonchev–Trinajstić information content (AvgIpc) is 2.42. The second kappa shape index (κ2) is 6.09. The fourth-order valence-electron chi connectivity index (χ4n) is 2.68. The first kappa shape index (κ1) is 13.9. The molecule has 1 aromatic rings. The molecule has 0 aromatic heterocycles. The summed E-state index contributed by atoms with van der Waals surface area (Å²) in [6.07, 6.45) is 6.79. The number of benzene rings is 1. The minimum absolute atomic E-state index is 0.299. The van der Waals surface area contributed by atoms with Crippen molar-refractivity contribution < 1.29 is 9.84 Å². The number of phenolic OH excluding ortho intramolecular Hbond substituents is 1. The summed E-state index contributed by atoms with van der Waals surface area (Å²) < 4.78 is 5.23. The molecule has 0 heterocycles. The summed E-state index contributed by atoms with van der Waals surface area (Å²) in [5.74, 6) is 1.69. The van der Waals surface area contributed by atoms with Crippen molar-refractivity contribution in [3.05, 3.63) is 23.3 Å². The maximum absolute atomic E-state index is 10.1. The van der Waals surface area contributed by atoms with Gasteiger partial charge in [-0.3, -0.25) is 4.99 Å². The van der Waals surface area contributed by atoms with Gasteiger partial charge in [-0.15, -0.1) is 0 Å². The van der Waals surface area contributed by atoms with Crippen molar-refractivity contribution in [1.29, 1.82) is 0 Å². The molecule has 104 valence electrons. The molecule has 1 aliphatic carbocycles. The van der Waals surface area contributed by atoms with E-state index in [0.29, 0.717) is 17.7 Å². The van der Waals surface area contributed by atoms with Crippen molar-refractivity contribution in [2.75, 3.05) is 7.11 Å². The summed E-state index contributed by atoms with van der Waals surface area (Å²) in [6.45, 7) is 4.14. The van der Waals surface area contributed by atoms with Gasteiger partial charge in [-0.1, -0.05) is 19.8 Å². The number of hydrogen-bond donors (Lipinski definition) is 1. The van der Waals surface area contributed by atoms with Crippen LogP contribution in [0, 0.1) is 12.8 Å². The monoisotopic (exact) mass is 261 g/mol. The summed E-state index contributed by atoms with van der Waals surface area (Å²) >= 11 is 0. The van der Waals surface area contributed by atoms with Crippen LogP contribution in [-0.2, 0) is 0 Å². The van der Waals surface area contributed by atoms with Crippen LogP contribution < -0.4 is 4.74 Å². The van der Waals surface area contributed by atoms with E-state index in [9.17, 15) is 5.11 Å². The van der Waals surface area contributed by atoms with E-state index in [2.05, 4.69) is 11.9 Å². The molecule has 1 N–H and O–H groups in total. The number of methoxy groups -OCH3 is 1. The Morgan fingerprint density at radius 3 is 2.74 bits per heavy atom. The Labute approximate surface area is 115 Å². The van der Waals surface area contributed by atoms with Gasteiger partial charge in [0, 0.05) is 11.8 Å². The molecule has 3 nitrogen and oxygen atoms in total. The first-order chi connectivity index (χ1) is 9.11. The SMILES string of the molecule is COc1cc(C)c(O)c(C=NC2CCCCC2C)c1. The van der Waals surface area contributed by atoms with Crippen LogP contribution in [0.5, 0.6) is 11.5 Å². The zero-order chi connectivity index (χ0) is 13.8. The number of ether oxygens (including phenoxy) is 1. The highest BCUT2D eigenvalue weighted by Gasteiger charge is 2.19. The second-order valence-electron chi connectivity index (χ2n) is 5.49. The van der Waals surface area contributed by atoms with Gasteiger partial charge in [0.1, 0.15) is 11.5 Å². The molecule has 0 spiro atoms. The van der Waals surface area contributed by atoms with Crippen LogP contribution >= 0.6 is 0 Å². The number of rotatable bonds is 3. The largest absolute Gasteiger partial charge is 0.507 e. The highest BCUT2D eigenvalue weighted by Crippen LogP contribution is 2.29. The van der Waals surface area contributed by atoms with Crippen molar-refractivity contribution in [3.63, 3.8) is 0 Å². The van der Waals surface area contributed by atoms with Crippen molar-refractivity contribution in [2.45, 2.75) is 45.6 Å². The van der Waals surface area contributed by atoms with E-state index in [1.165, 1.54) is 19.3 Å². The summed E-state index contributed by atoms with van der Waals surface area (Å²) in [7, 11) is 1.63. The van der Waals surface area contributed by atoms with E-state index >= 15 is 0 Å². The van der Waals surface area contributed by atoms with Crippen molar-refractivity contribution in [2.24, 2.45) is 10.9 Å². The van der Waals surface area contributed by atoms with Crippen LogP contribution in [0.3, 0.4) is 0 Å². The molecule has 0 amide bonds. The number of nitrogens with zero attached hydrogens (tertiary/aromatic N) is 1. The fourth-order valence-corrected chi connectivity index (χ4v) is 2.68. The molecule has 19 heavy (non-hydrogen) atoms. The maximum atomic E-state index is 10.1. The van der Waals surface area contributed by atoms with Crippen LogP contribution in [0.2, 0.25) is 0 Å². The minimum atomic E-state index is 0.299. The van der Waals surface area contributed by atoms with Gasteiger partial charge in [-0.2, -0.15) is 0 Å².